The fraction of sp³-hybridized carbons (Fsp3) is 0.273. The molecule has 2 aromatic carbocycles. The lowest BCUT2D eigenvalue weighted by Crippen LogP contribution is -2.40. The number of aryl methyl sites for hydroxylation is 1. The summed E-state index contributed by atoms with van der Waals surface area (Å²) in [4.78, 5) is 28.0. The van der Waals surface area contributed by atoms with Gasteiger partial charge >= 0.3 is 0 Å². The number of hydrogen-bond acceptors (Lipinski definition) is 2. The maximum absolute atomic E-state index is 13.3. The van der Waals surface area contributed by atoms with Crippen LogP contribution in [0.15, 0.2) is 59.5 Å². The van der Waals surface area contributed by atoms with Gasteiger partial charge < -0.3 is 9.47 Å². The molecule has 27 heavy (non-hydrogen) atoms. The normalized spacial score (nSPS) is 17.3. The van der Waals surface area contributed by atoms with Crippen molar-refractivity contribution in [3.63, 3.8) is 0 Å². The molecule has 0 bridgehead atoms. The van der Waals surface area contributed by atoms with Crippen molar-refractivity contribution in [2.75, 3.05) is 6.54 Å². The average molecular weight is 364 g/mol. The Morgan fingerprint density at radius 1 is 1.07 bits per heavy atom. The molecule has 5 heteroatoms. The van der Waals surface area contributed by atoms with E-state index >= 15 is 0 Å². The second kappa shape index (κ2) is 6.99. The summed E-state index contributed by atoms with van der Waals surface area (Å²) in [5, 5.41) is 0.543. The third-order valence-electron chi connectivity index (χ3n) is 5.34. The van der Waals surface area contributed by atoms with Crippen LogP contribution in [-0.2, 0) is 7.05 Å². The third-order valence-corrected chi connectivity index (χ3v) is 5.34. The van der Waals surface area contributed by atoms with Crippen LogP contribution < -0.4 is 5.43 Å². The first-order chi connectivity index (χ1) is 13.1. The van der Waals surface area contributed by atoms with E-state index < -0.39 is 0 Å². The number of hydrogen-bond donors (Lipinski definition) is 0. The number of piperidine rings is 1. The Morgan fingerprint density at radius 2 is 1.81 bits per heavy atom. The predicted molar refractivity (Wildman–Crippen MR) is 103 cm³/mol. The van der Waals surface area contributed by atoms with E-state index in [1.54, 1.807) is 35.4 Å². The van der Waals surface area contributed by atoms with Gasteiger partial charge in [0.1, 0.15) is 11.4 Å². The molecule has 138 valence electrons. The third kappa shape index (κ3) is 3.14. The number of para-hydroxylation sites is 1. The van der Waals surface area contributed by atoms with E-state index in [1.807, 2.05) is 23.7 Å². The SMILES string of the molecule is Cn1cc(C(=O)N2CCCC[C@@H]2c2ccc(F)cc2)c(=O)c2ccccc21. The molecule has 1 fully saturated rings. The van der Waals surface area contributed by atoms with E-state index in [1.165, 1.54) is 12.1 Å². The highest BCUT2D eigenvalue weighted by Gasteiger charge is 2.30. The van der Waals surface area contributed by atoms with Crippen LogP contribution in [0.25, 0.3) is 10.9 Å². The number of amides is 1. The molecule has 1 aliphatic heterocycles. The van der Waals surface area contributed by atoms with Crippen LogP contribution in [0.2, 0.25) is 0 Å². The number of rotatable bonds is 2. The minimum atomic E-state index is -0.296. The number of benzene rings is 2. The highest BCUT2D eigenvalue weighted by Crippen LogP contribution is 2.32. The van der Waals surface area contributed by atoms with Crippen molar-refractivity contribution in [3.8, 4) is 0 Å². The molecule has 0 unspecified atom stereocenters. The number of carbonyl (C=O) groups is 1. The minimum Gasteiger partial charge on any atom is -0.350 e. The quantitative estimate of drug-likeness (QED) is 0.689. The first kappa shape index (κ1) is 17.5. The van der Waals surface area contributed by atoms with Crippen LogP contribution in [0.4, 0.5) is 4.39 Å². The Bertz CT molecular complexity index is 1060. The molecule has 4 rings (SSSR count). The zero-order valence-electron chi connectivity index (χ0n) is 15.2. The molecule has 3 aromatic rings. The molecular formula is C22H21FN2O2. The summed E-state index contributed by atoms with van der Waals surface area (Å²) in [6.45, 7) is 0.594. The Balaban J connectivity index is 1.76. The Morgan fingerprint density at radius 3 is 2.59 bits per heavy atom. The summed E-state index contributed by atoms with van der Waals surface area (Å²) in [5.41, 5.74) is 1.65. The molecule has 1 atom stereocenters. The molecule has 4 nitrogen and oxygen atoms in total. The van der Waals surface area contributed by atoms with Gasteiger partial charge in [-0.2, -0.15) is 0 Å². The van der Waals surface area contributed by atoms with Crippen LogP contribution in [0, 0.1) is 5.82 Å². The van der Waals surface area contributed by atoms with Gasteiger partial charge in [0.25, 0.3) is 5.91 Å². The van der Waals surface area contributed by atoms with E-state index in [-0.39, 0.29) is 28.8 Å². The van der Waals surface area contributed by atoms with Crippen LogP contribution in [-0.4, -0.2) is 21.9 Å². The molecule has 1 aliphatic rings. The van der Waals surface area contributed by atoms with Gasteiger partial charge in [-0.15, -0.1) is 0 Å². The van der Waals surface area contributed by atoms with Crippen molar-refractivity contribution in [2.24, 2.45) is 7.05 Å². The maximum Gasteiger partial charge on any atom is 0.259 e. The van der Waals surface area contributed by atoms with E-state index in [4.69, 9.17) is 0 Å². The number of fused-ring (bicyclic) bond motifs is 1. The largest absolute Gasteiger partial charge is 0.350 e. The van der Waals surface area contributed by atoms with Gasteiger partial charge in [0.2, 0.25) is 5.43 Å². The van der Waals surface area contributed by atoms with Gasteiger partial charge in [-0.25, -0.2) is 4.39 Å². The van der Waals surface area contributed by atoms with Crippen molar-refractivity contribution < 1.29 is 9.18 Å². The highest BCUT2D eigenvalue weighted by molar-refractivity contribution is 5.97. The van der Waals surface area contributed by atoms with E-state index in [0.717, 1.165) is 30.3 Å². The van der Waals surface area contributed by atoms with Crippen LogP contribution in [0.1, 0.15) is 41.2 Å². The number of carbonyl (C=O) groups excluding carboxylic acids is 1. The lowest BCUT2D eigenvalue weighted by molar-refractivity contribution is 0.0609. The predicted octanol–water partition coefficient (Wildman–Crippen LogP) is 4.05. The van der Waals surface area contributed by atoms with Crippen LogP contribution >= 0.6 is 0 Å². The van der Waals surface area contributed by atoms with Crippen LogP contribution in [0.5, 0.6) is 0 Å². The van der Waals surface area contributed by atoms with Gasteiger partial charge in [0.05, 0.1) is 11.6 Å². The zero-order valence-corrected chi connectivity index (χ0v) is 15.2. The molecule has 2 heterocycles. The highest BCUT2D eigenvalue weighted by atomic mass is 19.1. The van der Waals surface area contributed by atoms with Crippen molar-refractivity contribution in [1.82, 2.24) is 9.47 Å². The number of halogens is 1. The summed E-state index contributed by atoms with van der Waals surface area (Å²) in [6.07, 6.45) is 4.34. The van der Waals surface area contributed by atoms with E-state index in [9.17, 15) is 14.0 Å². The van der Waals surface area contributed by atoms with Crippen molar-refractivity contribution in [1.29, 1.82) is 0 Å². The topological polar surface area (TPSA) is 42.3 Å². The lowest BCUT2D eigenvalue weighted by Gasteiger charge is -2.36. The summed E-state index contributed by atoms with van der Waals surface area (Å²) in [5.74, 6) is -0.550. The van der Waals surface area contributed by atoms with Gasteiger partial charge in [0.15, 0.2) is 0 Å². The molecule has 1 aromatic heterocycles. The van der Waals surface area contributed by atoms with Gasteiger partial charge in [-0.1, -0.05) is 24.3 Å². The Kier molecular flexibility index (Phi) is 4.52. The minimum absolute atomic E-state index is 0.136. The average Bonchev–Trinajstić information content (AvgIpc) is 2.71. The van der Waals surface area contributed by atoms with Crippen molar-refractivity contribution >= 4 is 16.8 Å². The van der Waals surface area contributed by atoms with Crippen LogP contribution in [0.3, 0.4) is 0 Å². The summed E-state index contributed by atoms with van der Waals surface area (Å²) >= 11 is 0. The van der Waals surface area contributed by atoms with Gasteiger partial charge in [0, 0.05) is 25.2 Å². The summed E-state index contributed by atoms with van der Waals surface area (Å²) in [7, 11) is 1.84. The molecular weight excluding hydrogens is 343 g/mol. The molecule has 0 N–H and O–H groups in total. The fourth-order valence-corrected chi connectivity index (χ4v) is 3.95. The smallest absolute Gasteiger partial charge is 0.259 e. The monoisotopic (exact) mass is 364 g/mol. The number of aromatic nitrogens is 1. The Labute approximate surface area is 156 Å². The zero-order chi connectivity index (χ0) is 19.0. The maximum atomic E-state index is 13.3. The molecule has 0 saturated carbocycles. The number of likely N-dealkylation sites (tertiary alicyclic amines) is 1. The van der Waals surface area contributed by atoms with Crippen molar-refractivity contribution in [3.05, 3.63) is 81.9 Å². The molecule has 1 saturated heterocycles. The van der Waals surface area contributed by atoms with E-state index in [2.05, 4.69) is 0 Å². The molecule has 0 spiro atoms. The molecule has 0 radical (unpaired) electrons. The second-order valence-electron chi connectivity index (χ2n) is 7.06. The molecule has 0 aliphatic carbocycles. The lowest BCUT2D eigenvalue weighted by atomic mass is 9.94. The standard InChI is InChI=1S/C22H21FN2O2/c1-24-14-18(21(26)17-6-2-3-8-20(17)24)22(27)25-13-5-4-7-19(25)15-9-11-16(23)12-10-15/h2-3,6,8-12,14,19H,4-5,7,13H2,1H3/t19-/m1/s1. The first-order valence-corrected chi connectivity index (χ1v) is 9.21. The Hall–Kier alpha value is -2.95. The molecule has 1 amide bonds. The first-order valence-electron chi connectivity index (χ1n) is 9.21. The van der Waals surface area contributed by atoms with Gasteiger partial charge in [-0.05, 0) is 49.1 Å². The van der Waals surface area contributed by atoms with E-state index in [0.29, 0.717) is 11.9 Å². The summed E-state index contributed by atoms with van der Waals surface area (Å²) < 4.78 is 15.1. The second-order valence-corrected chi connectivity index (χ2v) is 7.06. The van der Waals surface area contributed by atoms with Crippen molar-refractivity contribution in [2.45, 2.75) is 25.3 Å². The van der Waals surface area contributed by atoms with Gasteiger partial charge in [-0.3, -0.25) is 9.59 Å². The summed E-state index contributed by atoms with van der Waals surface area (Å²) in [6, 6.07) is 13.5. The number of nitrogens with zero attached hydrogens (tertiary/aromatic N) is 2. The fourth-order valence-electron chi connectivity index (χ4n) is 3.95. The number of pyridine rings is 1.